The zero-order chi connectivity index (χ0) is 22.3. The van der Waals surface area contributed by atoms with Crippen molar-refractivity contribution in [2.45, 2.75) is 44.7 Å². The molecule has 0 aromatic heterocycles. The molecular weight excluding hydrogens is 424 g/mol. The number of nitrogens with zero attached hydrogens (tertiary/aromatic N) is 1. The molecule has 1 amide bonds. The number of benzene rings is 2. The minimum atomic E-state index is -4.00. The normalized spacial score (nSPS) is 20.1. The van der Waals surface area contributed by atoms with Crippen LogP contribution >= 0.6 is 11.6 Å². The number of sulfonamides is 1. The first-order chi connectivity index (χ1) is 14.0. The second-order valence-electron chi connectivity index (χ2n) is 8.43. The molecule has 3 rings (SSSR count). The van der Waals surface area contributed by atoms with Crippen LogP contribution in [0.25, 0.3) is 0 Å². The quantitative estimate of drug-likeness (QED) is 0.541. The van der Waals surface area contributed by atoms with E-state index in [1.807, 2.05) is 20.8 Å². The number of halogens is 1. The van der Waals surface area contributed by atoms with Crippen molar-refractivity contribution in [1.29, 1.82) is 0 Å². The molecule has 0 bridgehead atoms. The summed E-state index contributed by atoms with van der Waals surface area (Å²) in [5, 5.41) is 9.81. The van der Waals surface area contributed by atoms with Crippen LogP contribution in [-0.2, 0) is 14.8 Å². The minimum Gasteiger partial charge on any atom is -0.288 e. The Bertz CT molecular complexity index is 1090. The van der Waals surface area contributed by atoms with Crippen molar-refractivity contribution in [2.24, 2.45) is 5.41 Å². The van der Waals surface area contributed by atoms with Gasteiger partial charge in [0.15, 0.2) is 0 Å². The summed E-state index contributed by atoms with van der Waals surface area (Å²) in [6.07, 6.45) is 1.63. The summed E-state index contributed by atoms with van der Waals surface area (Å²) < 4.78 is 29.1. The largest absolute Gasteiger partial charge is 0.288 e. The van der Waals surface area contributed by atoms with Crippen LogP contribution < -0.4 is 5.48 Å². The van der Waals surface area contributed by atoms with E-state index in [-0.39, 0.29) is 10.5 Å². The number of carbonyl (C=O) groups is 1. The van der Waals surface area contributed by atoms with Gasteiger partial charge in [-0.15, -0.1) is 0 Å². The number of amides is 1. The van der Waals surface area contributed by atoms with Crippen LogP contribution in [0, 0.1) is 12.3 Å². The maximum absolute atomic E-state index is 13.9. The minimum absolute atomic E-state index is 0.164. The Kier molecular flexibility index (Phi) is 6.11. The summed E-state index contributed by atoms with van der Waals surface area (Å²) in [5.41, 5.74) is 2.50. The first-order valence-electron chi connectivity index (χ1n) is 9.49. The smallest absolute Gasteiger partial charge is 0.272 e. The van der Waals surface area contributed by atoms with E-state index in [1.165, 1.54) is 4.31 Å². The van der Waals surface area contributed by atoms with E-state index in [1.54, 1.807) is 67.0 Å². The van der Waals surface area contributed by atoms with E-state index in [2.05, 4.69) is 0 Å². The van der Waals surface area contributed by atoms with E-state index >= 15 is 0 Å². The molecule has 1 unspecified atom stereocenters. The van der Waals surface area contributed by atoms with E-state index in [0.717, 1.165) is 0 Å². The predicted molar refractivity (Wildman–Crippen MR) is 116 cm³/mol. The molecule has 0 saturated heterocycles. The monoisotopic (exact) mass is 448 g/mol. The third kappa shape index (κ3) is 4.03. The molecule has 8 heteroatoms. The first-order valence-corrected chi connectivity index (χ1v) is 11.3. The van der Waals surface area contributed by atoms with Gasteiger partial charge in [0, 0.05) is 16.6 Å². The van der Waals surface area contributed by atoms with E-state index < -0.39 is 33.4 Å². The predicted octanol–water partition coefficient (Wildman–Crippen LogP) is 4.24. The number of nitrogens with one attached hydrogen (secondary N) is 1. The average molecular weight is 449 g/mol. The molecule has 2 N–H and O–H groups in total. The molecule has 0 radical (unpaired) electrons. The Morgan fingerprint density at radius 3 is 2.23 bits per heavy atom. The topological polar surface area (TPSA) is 86.7 Å². The zero-order valence-electron chi connectivity index (χ0n) is 17.3. The maximum Gasteiger partial charge on any atom is 0.272 e. The third-order valence-electron chi connectivity index (χ3n) is 5.25. The molecule has 1 aliphatic heterocycles. The van der Waals surface area contributed by atoms with Gasteiger partial charge in [0.2, 0.25) is 10.0 Å². The molecule has 160 valence electrons. The Morgan fingerprint density at radius 2 is 1.70 bits per heavy atom. The molecule has 6 nitrogen and oxygen atoms in total. The maximum atomic E-state index is 13.9. The van der Waals surface area contributed by atoms with Crippen LogP contribution in [0.3, 0.4) is 0 Å². The van der Waals surface area contributed by atoms with Gasteiger partial charge in [-0.1, -0.05) is 68.8 Å². The summed E-state index contributed by atoms with van der Waals surface area (Å²) in [4.78, 5) is 12.7. The fourth-order valence-corrected chi connectivity index (χ4v) is 6.02. The van der Waals surface area contributed by atoms with Crippen molar-refractivity contribution in [2.75, 3.05) is 0 Å². The van der Waals surface area contributed by atoms with Gasteiger partial charge >= 0.3 is 0 Å². The van der Waals surface area contributed by atoms with Crippen molar-refractivity contribution in [3.63, 3.8) is 0 Å². The molecule has 2 aromatic carbocycles. The van der Waals surface area contributed by atoms with Gasteiger partial charge in [-0.3, -0.25) is 10.0 Å². The Hall–Kier alpha value is -2.19. The molecule has 0 fully saturated rings. The van der Waals surface area contributed by atoms with Gasteiger partial charge in [-0.05, 0) is 41.7 Å². The lowest BCUT2D eigenvalue weighted by Crippen LogP contribution is -2.45. The second-order valence-corrected chi connectivity index (χ2v) is 10.7. The summed E-state index contributed by atoms with van der Waals surface area (Å²) in [6, 6.07) is 11.9. The van der Waals surface area contributed by atoms with Crippen molar-refractivity contribution < 1.29 is 18.4 Å². The van der Waals surface area contributed by atoms with Crippen LogP contribution in [0.5, 0.6) is 0 Å². The average Bonchev–Trinajstić information content (AvgIpc) is 3.10. The molecule has 0 spiro atoms. The SMILES string of the molecule is Cc1ccccc1S(=O)(=O)N1C(C(C)(C)C)C=C(C(=O)NO)[C@@H]1c1ccc(Cl)cc1. The fraction of sp³-hybridized carbons (Fsp3) is 0.318. The number of aryl methyl sites for hydroxylation is 1. The summed E-state index contributed by atoms with van der Waals surface area (Å²) >= 11 is 6.02. The van der Waals surface area contributed by atoms with Crippen molar-refractivity contribution in [1.82, 2.24) is 9.79 Å². The number of hydroxylamine groups is 1. The Balaban J connectivity index is 2.28. The van der Waals surface area contributed by atoms with Gasteiger partial charge in [0.25, 0.3) is 5.91 Å². The summed E-state index contributed by atoms with van der Waals surface area (Å²) in [7, 11) is -4.00. The second kappa shape index (κ2) is 8.15. The van der Waals surface area contributed by atoms with Gasteiger partial charge in [-0.25, -0.2) is 13.9 Å². The summed E-state index contributed by atoms with van der Waals surface area (Å²) in [5.74, 6) is -0.744. The highest BCUT2D eigenvalue weighted by atomic mass is 35.5. The molecule has 2 aromatic rings. The van der Waals surface area contributed by atoms with Crippen molar-refractivity contribution in [3.8, 4) is 0 Å². The highest BCUT2D eigenvalue weighted by Gasteiger charge is 2.49. The van der Waals surface area contributed by atoms with E-state index in [9.17, 15) is 18.4 Å². The Morgan fingerprint density at radius 1 is 1.10 bits per heavy atom. The van der Waals surface area contributed by atoms with E-state index in [0.29, 0.717) is 16.1 Å². The molecule has 0 aliphatic carbocycles. The molecule has 0 saturated carbocycles. The molecule has 2 atom stereocenters. The molecule has 30 heavy (non-hydrogen) atoms. The van der Waals surface area contributed by atoms with Crippen LogP contribution in [0.4, 0.5) is 0 Å². The number of rotatable bonds is 4. The lowest BCUT2D eigenvalue weighted by Gasteiger charge is -2.37. The van der Waals surface area contributed by atoms with Crippen LogP contribution in [0.15, 0.2) is 65.1 Å². The Labute approximate surface area is 182 Å². The third-order valence-corrected chi connectivity index (χ3v) is 7.51. The molecule has 1 heterocycles. The number of hydrogen-bond donors (Lipinski definition) is 2. The number of hydrogen-bond acceptors (Lipinski definition) is 4. The number of carbonyl (C=O) groups excluding carboxylic acids is 1. The van der Waals surface area contributed by atoms with Gasteiger partial charge in [-0.2, -0.15) is 4.31 Å². The van der Waals surface area contributed by atoms with Crippen molar-refractivity contribution >= 4 is 27.5 Å². The van der Waals surface area contributed by atoms with Gasteiger partial charge in [0.05, 0.1) is 10.9 Å². The first kappa shape index (κ1) is 22.5. The van der Waals surface area contributed by atoms with Crippen LogP contribution in [-0.4, -0.2) is 29.9 Å². The lowest BCUT2D eigenvalue weighted by atomic mass is 9.87. The van der Waals surface area contributed by atoms with Crippen LogP contribution in [0.2, 0.25) is 5.02 Å². The summed E-state index contributed by atoms with van der Waals surface area (Å²) in [6.45, 7) is 7.47. The van der Waals surface area contributed by atoms with Gasteiger partial charge < -0.3 is 0 Å². The van der Waals surface area contributed by atoms with Gasteiger partial charge in [0.1, 0.15) is 0 Å². The molecular formula is C22H25ClN2O4S. The lowest BCUT2D eigenvalue weighted by molar-refractivity contribution is -0.125. The van der Waals surface area contributed by atoms with Crippen molar-refractivity contribution in [3.05, 3.63) is 76.3 Å². The van der Waals surface area contributed by atoms with Crippen LogP contribution in [0.1, 0.15) is 37.9 Å². The molecule has 1 aliphatic rings. The zero-order valence-corrected chi connectivity index (χ0v) is 18.8. The van der Waals surface area contributed by atoms with E-state index in [4.69, 9.17) is 11.6 Å². The highest BCUT2D eigenvalue weighted by molar-refractivity contribution is 7.89. The fourth-order valence-electron chi connectivity index (χ4n) is 3.75. The standard InChI is InChI=1S/C22H25ClN2O4S/c1-14-7-5-6-8-18(14)30(28,29)25-19(22(2,3)4)13-17(21(26)24-27)20(25)15-9-11-16(23)12-10-15/h5-13,19-20,27H,1-4H3,(H,24,26)/t19?,20-/m0/s1. The highest BCUT2D eigenvalue weighted by Crippen LogP contribution is 2.46.